The molecule has 1 saturated heterocycles. The molecule has 8 nitrogen and oxygen atoms in total. The van der Waals surface area contributed by atoms with Crippen molar-refractivity contribution in [3.05, 3.63) is 54.4 Å². The van der Waals surface area contributed by atoms with Gasteiger partial charge in [0.15, 0.2) is 11.5 Å². The third kappa shape index (κ3) is 3.52. The Morgan fingerprint density at radius 2 is 1.83 bits per heavy atom. The number of rotatable bonds is 5. The molecule has 1 aliphatic rings. The summed E-state index contributed by atoms with van der Waals surface area (Å²) in [5.74, 6) is 1.24. The van der Waals surface area contributed by atoms with E-state index < -0.39 is 10.0 Å². The molecule has 9 heteroatoms. The molecule has 0 bridgehead atoms. The maximum absolute atomic E-state index is 13.0. The summed E-state index contributed by atoms with van der Waals surface area (Å²) in [6, 6.07) is 14.3. The molecule has 4 rings (SSSR count). The number of fused-ring (bicyclic) bond motifs is 1. The fourth-order valence-corrected chi connectivity index (χ4v) is 4.89. The lowest BCUT2D eigenvalue weighted by Gasteiger charge is -2.34. The van der Waals surface area contributed by atoms with Crippen LogP contribution >= 0.6 is 0 Å². The first kappa shape index (κ1) is 19.2. The summed E-state index contributed by atoms with van der Waals surface area (Å²) in [7, 11) is -3.58. The molecule has 2 aromatic heterocycles. The van der Waals surface area contributed by atoms with Crippen molar-refractivity contribution in [3.63, 3.8) is 0 Å². The van der Waals surface area contributed by atoms with Crippen molar-refractivity contribution in [1.82, 2.24) is 13.7 Å². The zero-order valence-corrected chi connectivity index (χ0v) is 16.8. The van der Waals surface area contributed by atoms with E-state index in [-0.39, 0.29) is 4.90 Å². The monoisotopic (exact) mass is 411 g/mol. The Labute approximate surface area is 169 Å². The van der Waals surface area contributed by atoms with Gasteiger partial charge < -0.3 is 9.64 Å². The molecule has 0 saturated carbocycles. The number of benzene rings is 1. The summed E-state index contributed by atoms with van der Waals surface area (Å²) < 4.78 is 34.5. The third-order valence-corrected chi connectivity index (χ3v) is 6.84. The van der Waals surface area contributed by atoms with E-state index in [1.807, 2.05) is 30.0 Å². The van der Waals surface area contributed by atoms with Gasteiger partial charge >= 0.3 is 0 Å². The molecule has 0 radical (unpaired) electrons. The van der Waals surface area contributed by atoms with Gasteiger partial charge in [0, 0.05) is 32.4 Å². The number of piperazine rings is 1. The van der Waals surface area contributed by atoms with Crippen molar-refractivity contribution in [2.75, 3.05) is 37.7 Å². The molecule has 0 atom stereocenters. The quantitative estimate of drug-likeness (QED) is 0.639. The summed E-state index contributed by atoms with van der Waals surface area (Å²) in [6.07, 6.45) is 1.80. The standard InChI is InChI=1S/C20H21N5O3S/c1-2-28-16-6-8-17(9-7-16)29(26,27)24-13-11-23(12-14-24)20-18(15-21)25-10-4-3-5-19(25)22-20/h3-10H,2,11-14H2,1H3. The average molecular weight is 411 g/mol. The maximum Gasteiger partial charge on any atom is 0.243 e. The van der Waals surface area contributed by atoms with Crippen molar-refractivity contribution in [1.29, 1.82) is 5.26 Å². The van der Waals surface area contributed by atoms with Gasteiger partial charge in [-0.1, -0.05) is 6.07 Å². The average Bonchev–Trinajstić information content (AvgIpc) is 3.13. The number of ether oxygens (including phenoxy) is 1. The normalized spacial score (nSPS) is 15.4. The van der Waals surface area contributed by atoms with Crippen molar-refractivity contribution in [3.8, 4) is 11.8 Å². The van der Waals surface area contributed by atoms with Gasteiger partial charge in [0.05, 0.1) is 11.5 Å². The van der Waals surface area contributed by atoms with Crippen LogP contribution in [0.25, 0.3) is 5.65 Å². The van der Waals surface area contributed by atoms with Gasteiger partial charge in [-0.05, 0) is 43.3 Å². The minimum Gasteiger partial charge on any atom is -0.494 e. The van der Waals surface area contributed by atoms with Crippen LogP contribution in [0.15, 0.2) is 53.6 Å². The lowest BCUT2D eigenvalue weighted by molar-refractivity contribution is 0.340. The highest BCUT2D eigenvalue weighted by Gasteiger charge is 2.30. The first-order valence-electron chi connectivity index (χ1n) is 9.39. The molecule has 3 aromatic rings. The smallest absolute Gasteiger partial charge is 0.243 e. The molecule has 0 spiro atoms. The van der Waals surface area contributed by atoms with E-state index in [4.69, 9.17) is 4.74 Å². The second-order valence-corrected chi connectivity index (χ2v) is 8.56. The maximum atomic E-state index is 13.0. The van der Waals surface area contributed by atoms with Gasteiger partial charge in [-0.25, -0.2) is 13.4 Å². The number of imidazole rings is 1. The van der Waals surface area contributed by atoms with E-state index in [2.05, 4.69) is 11.1 Å². The topological polar surface area (TPSA) is 90.9 Å². The van der Waals surface area contributed by atoms with Crippen LogP contribution in [0, 0.1) is 11.3 Å². The fourth-order valence-electron chi connectivity index (χ4n) is 3.47. The molecule has 0 N–H and O–H groups in total. The number of hydrogen-bond acceptors (Lipinski definition) is 6. The molecule has 0 amide bonds. The first-order valence-corrected chi connectivity index (χ1v) is 10.8. The Hall–Kier alpha value is -3.09. The number of anilines is 1. The number of aromatic nitrogens is 2. The van der Waals surface area contributed by atoms with E-state index in [1.165, 1.54) is 4.31 Å². The second kappa shape index (κ2) is 7.73. The Balaban J connectivity index is 1.51. The minimum absolute atomic E-state index is 0.250. The third-order valence-electron chi connectivity index (χ3n) is 4.93. The molecule has 150 valence electrons. The Kier molecular flexibility index (Phi) is 5.13. The van der Waals surface area contributed by atoms with E-state index in [1.54, 1.807) is 34.9 Å². The number of nitrogens with zero attached hydrogens (tertiary/aromatic N) is 5. The lowest BCUT2D eigenvalue weighted by Crippen LogP contribution is -2.49. The van der Waals surface area contributed by atoms with Crippen LogP contribution in [-0.4, -0.2) is 54.9 Å². The predicted octanol–water partition coefficient (Wildman–Crippen LogP) is 2.12. The first-order chi connectivity index (χ1) is 14.0. The van der Waals surface area contributed by atoms with Crippen molar-refractivity contribution < 1.29 is 13.2 Å². The number of nitriles is 1. The van der Waals surface area contributed by atoms with Crippen molar-refractivity contribution in [2.45, 2.75) is 11.8 Å². The van der Waals surface area contributed by atoms with Crippen LogP contribution in [0.2, 0.25) is 0 Å². The zero-order valence-electron chi connectivity index (χ0n) is 16.0. The predicted molar refractivity (Wildman–Crippen MR) is 108 cm³/mol. The van der Waals surface area contributed by atoms with Gasteiger partial charge in [0.25, 0.3) is 0 Å². The van der Waals surface area contributed by atoms with Gasteiger partial charge in [-0.15, -0.1) is 0 Å². The number of pyridine rings is 1. The summed E-state index contributed by atoms with van der Waals surface area (Å²) in [4.78, 5) is 6.78. The van der Waals surface area contributed by atoms with Crippen LogP contribution < -0.4 is 9.64 Å². The summed E-state index contributed by atoms with van der Waals surface area (Å²) in [6.45, 7) is 4.00. The Bertz CT molecular complexity index is 1160. The molecule has 1 aliphatic heterocycles. The highest BCUT2D eigenvalue weighted by Crippen LogP contribution is 2.25. The van der Waals surface area contributed by atoms with E-state index in [0.29, 0.717) is 55.7 Å². The Morgan fingerprint density at radius 1 is 1.10 bits per heavy atom. The SMILES string of the molecule is CCOc1ccc(S(=O)(=O)N2CCN(c3nc4ccccn4c3C#N)CC2)cc1. The molecule has 3 heterocycles. The molecular weight excluding hydrogens is 390 g/mol. The summed E-state index contributed by atoms with van der Waals surface area (Å²) >= 11 is 0. The molecule has 1 aromatic carbocycles. The van der Waals surface area contributed by atoms with Crippen LogP contribution in [0.3, 0.4) is 0 Å². The van der Waals surface area contributed by atoms with Crippen molar-refractivity contribution >= 4 is 21.5 Å². The number of hydrogen-bond donors (Lipinski definition) is 0. The largest absolute Gasteiger partial charge is 0.494 e. The molecule has 0 aliphatic carbocycles. The highest BCUT2D eigenvalue weighted by atomic mass is 32.2. The van der Waals surface area contributed by atoms with Crippen LogP contribution in [0.1, 0.15) is 12.6 Å². The van der Waals surface area contributed by atoms with Gasteiger partial charge in [0.2, 0.25) is 10.0 Å². The van der Waals surface area contributed by atoms with Gasteiger partial charge in [-0.3, -0.25) is 4.40 Å². The highest BCUT2D eigenvalue weighted by molar-refractivity contribution is 7.89. The van der Waals surface area contributed by atoms with Crippen molar-refractivity contribution in [2.24, 2.45) is 0 Å². The molecule has 1 fully saturated rings. The van der Waals surface area contributed by atoms with Crippen LogP contribution in [0.5, 0.6) is 5.75 Å². The Morgan fingerprint density at radius 3 is 2.48 bits per heavy atom. The molecule has 29 heavy (non-hydrogen) atoms. The fraction of sp³-hybridized carbons (Fsp3) is 0.300. The summed E-state index contributed by atoms with van der Waals surface area (Å²) in [5.41, 5.74) is 1.16. The second-order valence-electron chi connectivity index (χ2n) is 6.62. The van der Waals surface area contributed by atoms with Gasteiger partial charge in [-0.2, -0.15) is 9.57 Å². The van der Waals surface area contributed by atoms with Crippen LogP contribution in [-0.2, 0) is 10.0 Å². The van der Waals surface area contributed by atoms with E-state index in [9.17, 15) is 13.7 Å². The number of sulfonamides is 1. The van der Waals surface area contributed by atoms with E-state index in [0.717, 1.165) is 0 Å². The van der Waals surface area contributed by atoms with Crippen LogP contribution in [0.4, 0.5) is 5.82 Å². The molecule has 0 unspecified atom stereocenters. The molecular formula is C20H21N5O3S. The minimum atomic E-state index is -3.58. The summed E-state index contributed by atoms with van der Waals surface area (Å²) in [5, 5.41) is 9.57. The van der Waals surface area contributed by atoms with Gasteiger partial charge in [0.1, 0.15) is 17.5 Å². The zero-order chi connectivity index (χ0) is 20.4. The lowest BCUT2D eigenvalue weighted by atomic mass is 10.3. The van der Waals surface area contributed by atoms with E-state index >= 15 is 0 Å².